The number of aromatic nitrogens is 2. The summed E-state index contributed by atoms with van der Waals surface area (Å²) in [6.45, 7) is 0.642. The fraction of sp³-hybridized carbons (Fsp3) is 0.250. The average Bonchev–Trinajstić information content (AvgIpc) is 3.22. The minimum atomic E-state index is -0.462. The summed E-state index contributed by atoms with van der Waals surface area (Å²) in [6.07, 6.45) is 1.07. The number of benzene rings is 2. The first-order valence-electron chi connectivity index (χ1n) is 8.79. The molecule has 3 aromatic rings. The molecule has 1 fully saturated rings. The van der Waals surface area contributed by atoms with Crippen LogP contribution in [0.4, 0.5) is 4.39 Å². The summed E-state index contributed by atoms with van der Waals surface area (Å²) in [5.74, 6) is -0.244. The van der Waals surface area contributed by atoms with Crippen molar-refractivity contribution in [1.29, 1.82) is 0 Å². The number of amides is 1. The number of hydrogen-bond acceptors (Lipinski definition) is 4. The largest absolute Gasteiger partial charge is 0.368 e. The molecule has 0 bridgehead atoms. The SMILES string of the molecule is O=C(NCc1nc2ccccc2c(=O)n1-c1ccc(F)cc1)C1CCCO1. The highest BCUT2D eigenvalue weighted by atomic mass is 19.1. The van der Waals surface area contributed by atoms with E-state index in [0.717, 1.165) is 6.42 Å². The first-order chi connectivity index (χ1) is 13.1. The van der Waals surface area contributed by atoms with Crippen molar-refractivity contribution in [3.63, 3.8) is 0 Å². The van der Waals surface area contributed by atoms with Crippen molar-refractivity contribution in [3.05, 3.63) is 70.5 Å². The predicted molar refractivity (Wildman–Crippen MR) is 98.1 cm³/mol. The lowest BCUT2D eigenvalue weighted by atomic mass is 10.2. The topological polar surface area (TPSA) is 73.2 Å². The van der Waals surface area contributed by atoms with Gasteiger partial charge in [0.25, 0.3) is 5.56 Å². The summed E-state index contributed by atoms with van der Waals surface area (Å²) in [6, 6.07) is 12.6. The van der Waals surface area contributed by atoms with E-state index >= 15 is 0 Å². The van der Waals surface area contributed by atoms with Crippen LogP contribution in [0.3, 0.4) is 0 Å². The third-order valence-electron chi connectivity index (χ3n) is 4.57. The number of halogens is 1. The van der Waals surface area contributed by atoms with Gasteiger partial charge in [-0.2, -0.15) is 0 Å². The van der Waals surface area contributed by atoms with Crippen molar-refractivity contribution in [2.45, 2.75) is 25.5 Å². The van der Waals surface area contributed by atoms with Crippen LogP contribution in [-0.4, -0.2) is 28.2 Å². The summed E-state index contributed by atoms with van der Waals surface area (Å²) >= 11 is 0. The van der Waals surface area contributed by atoms with E-state index in [0.29, 0.717) is 35.4 Å². The van der Waals surface area contributed by atoms with Crippen LogP contribution in [0.25, 0.3) is 16.6 Å². The maximum atomic E-state index is 13.3. The van der Waals surface area contributed by atoms with E-state index in [-0.39, 0.29) is 18.0 Å². The quantitative estimate of drug-likeness (QED) is 0.768. The third kappa shape index (κ3) is 3.46. The second-order valence-corrected chi connectivity index (χ2v) is 6.38. The van der Waals surface area contributed by atoms with Crippen molar-refractivity contribution < 1.29 is 13.9 Å². The molecule has 1 unspecified atom stereocenters. The lowest BCUT2D eigenvalue weighted by Gasteiger charge is -2.15. The number of fused-ring (bicyclic) bond motifs is 1. The van der Waals surface area contributed by atoms with Gasteiger partial charge in [-0.15, -0.1) is 0 Å². The number of carbonyl (C=O) groups excluding carboxylic acids is 1. The predicted octanol–water partition coefficient (Wildman–Crippen LogP) is 2.32. The minimum Gasteiger partial charge on any atom is -0.368 e. The van der Waals surface area contributed by atoms with Crippen LogP contribution in [-0.2, 0) is 16.1 Å². The summed E-state index contributed by atoms with van der Waals surface area (Å²) < 4.78 is 20.1. The van der Waals surface area contributed by atoms with Crippen LogP contribution in [0.15, 0.2) is 53.3 Å². The summed E-state index contributed by atoms with van der Waals surface area (Å²) in [4.78, 5) is 29.8. The van der Waals surface area contributed by atoms with Gasteiger partial charge in [-0.05, 0) is 49.2 Å². The van der Waals surface area contributed by atoms with Crippen molar-refractivity contribution in [2.24, 2.45) is 0 Å². The molecule has 1 aliphatic heterocycles. The van der Waals surface area contributed by atoms with Crippen molar-refractivity contribution in [1.82, 2.24) is 14.9 Å². The molecule has 7 heteroatoms. The first-order valence-corrected chi connectivity index (χ1v) is 8.79. The van der Waals surface area contributed by atoms with Gasteiger partial charge < -0.3 is 10.1 Å². The smallest absolute Gasteiger partial charge is 0.266 e. The molecular weight excluding hydrogens is 349 g/mol. The van der Waals surface area contributed by atoms with Crippen molar-refractivity contribution in [3.8, 4) is 5.69 Å². The zero-order chi connectivity index (χ0) is 18.8. The summed E-state index contributed by atoms with van der Waals surface area (Å²) in [7, 11) is 0. The molecule has 0 saturated carbocycles. The Kier molecular flexibility index (Phi) is 4.68. The zero-order valence-electron chi connectivity index (χ0n) is 14.5. The normalized spacial score (nSPS) is 16.6. The molecule has 27 heavy (non-hydrogen) atoms. The lowest BCUT2D eigenvalue weighted by Crippen LogP contribution is -2.36. The van der Waals surface area contributed by atoms with E-state index in [1.807, 2.05) is 0 Å². The van der Waals surface area contributed by atoms with E-state index in [4.69, 9.17) is 4.74 Å². The molecule has 1 N–H and O–H groups in total. The standard InChI is InChI=1S/C20H18FN3O3/c21-13-7-9-14(10-8-13)24-18(12-22-19(25)17-6-3-11-27-17)23-16-5-2-1-4-15(16)20(24)26/h1-2,4-5,7-10,17H,3,6,11-12H2,(H,22,25). The lowest BCUT2D eigenvalue weighted by molar-refractivity contribution is -0.130. The average molecular weight is 367 g/mol. The fourth-order valence-electron chi connectivity index (χ4n) is 3.22. The van der Waals surface area contributed by atoms with Gasteiger partial charge in [0.05, 0.1) is 23.1 Å². The molecule has 6 nitrogen and oxygen atoms in total. The molecule has 0 aliphatic carbocycles. The van der Waals surface area contributed by atoms with Gasteiger partial charge in [-0.1, -0.05) is 12.1 Å². The van der Waals surface area contributed by atoms with E-state index < -0.39 is 11.9 Å². The maximum absolute atomic E-state index is 13.3. The second kappa shape index (κ2) is 7.28. The highest BCUT2D eigenvalue weighted by Gasteiger charge is 2.24. The van der Waals surface area contributed by atoms with Gasteiger partial charge in [-0.3, -0.25) is 14.2 Å². The second-order valence-electron chi connectivity index (χ2n) is 6.38. The number of ether oxygens (including phenoxy) is 1. The van der Waals surface area contributed by atoms with Gasteiger partial charge in [-0.25, -0.2) is 9.37 Å². The Hall–Kier alpha value is -3.06. The zero-order valence-corrected chi connectivity index (χ0v) is 14.5. The molecule has 2 heterocycles. The van der Waals surface area contributed by atoms with Gasteiger partial charge in [0, 0.05) is 6.61 Å². The van der Waals surface area contributed by atoms with Gasteiger partial charge in [0.2, 0.25) is 5.91 Å². The molecule has 4 rings (SSSR count). The number of nitrogens with zero attached hydrogens (tertiary/aromatic N) is 2. The molecule has 1 amide bonds. The molecule has 138 valence electrons. The van der Waals surface area contributed by atoms with E-state index in [9.17, 15) is 14.0 Å². The van der Waals surface area contributed by atoms with E-state index in [1.54, 1.807) is 24.3 Å². The highest BCUT2D eigenvalue weighted by molar-refractivity contribution is 5.81. The number of para-hydroxylation sites is 1. The highest BCUT2D eigenvalue weighted by Crippen LogP contribution is 2.15. The molecule has 1 saturated heterocycles. The van der Waals surface area contributed by atoms with E-state index in [2.05, 4.69) is 10.3 Å². The van der Waals surface area contributed by atoms with Crippen molar-refractivity contribution >= 4 is 16.8 Å². The Balaban J connectivity index is 1.75. The van der Waals surface area contributed by atoms with Crippen LogP contribution >= 0.6 is 0 Å². The number of rotatable bonds is 4. The minimum absolute atomic E-state index is 0.0656. The van der Waals surface area contributed by atoms with Gasteiger partial charge in [0.15, 0.2) is 0 Å². The number of carbonyl (C=O) groups is 1. The Morgan fingerprint density at radius 2 is 2.00 bits per heavy atom. The summed E-state index contributed by atoms with van der Waals surface area (Å²) in [5.41, 5.74) is 0.761. The van der Waals surface area contributed by atoms with E-state index in [1.165, 1.54) is 28.8 Å². The Bertz CT molecular complexity index is 1040. The summed E-state index contributed by atoms with van der Waals surface area (Å²) in [5, 5.41) is 3.25. The van der Waals surface area contributed by atoms with Crippen molar-refractivity contribution in [2.75, 3.05) is 6.61 Å². The number of hydrogen-bond donors (Lipinski definition) is 1. The van der Waals surface area contributed by atoms with Crippen LogP contribution < -0.4 is 10.9 Å². The molecule has 1 aliphatic rings. The molecule has 1 aromatic heterocycles. The van der Waals surface area contributed by atoms with Gasteiger partial charge >= 0.3 is 0 Å². The van der Waals surface area contributed by atoms with Crippen LogP contribution in [0, 0.1) is 5.82 Å². The Morgan fingerprint density at radius 3 is 2.74 bits per heavy atom. The van der Waals surface area contributed by atoms with Crippen LogP contribution in [0.2, 0.25) is 0 Å². The first kappa shape index (κ1) is 17.4. The molecule has 2 aromatic carbocycles. The molecule has 1 atom stereocenters. The molecular formula is C20H18FN3O3. The molecule has 0 spiro atoms. The van der Waals surface area contributed by atoms with Crippen LogP contribution in [0.5, 0.6) is 0 Å². The fourth-order valence-corrected chi connectivity index (χ4v) is 3.22. The maximum Gasteiger partial charge on any atom is 0.266 e. The Morgan fingerprint density at radius 1 is 1.22 bits per heavy atom. The molecule has 0 radical (unpaired) electrons. The third-order valence-corrected chi connectivity index (χ3v) is 4.57. The number of nitrogens with one attached hydrogen (secondary N) is 1. The monoisotopic (exact) mass is 367 g/mol. The Labute approximate surface area is 154 Å². The van der Waals surface area contributed by atoms with Crippen LogP contribution in [0.1, 0.15) is 18.7 Å². The van der Waals surface area contributed by atoms with Gasteiger partial charge in [0.1, 0.15) is 17.7 Å².